The monoisotopic (exact) mass is 480 g/mol. The molecule has 0 radical (unpaired) electrons. The van der Waals surface area contributed by atoms with Gasteiger partial charge in [-0.3, -0.25) is 0 Å². The van der Waals surface area contributed by atoms with Crippen LogP contribution in [0.5, 0.6) is 11.5 Å². The Bertz CT molecular complexity index is 1370. The zero-order valence-electron chi connectivity index (χ0n) is 20.6. The third kappa shape index (κ3) is 4.75. The molecule has 1 aliphatic rings. The Morgan fingerprint density at radius 1 is 0.649 bits per heavy atom. The van der Waals surface area contributed by atoms with Gasteiger partial charge in [0.15, 0.2) is 0 Å². The normalized spacial score (nSPS) is 15.7. The fourth-order valence-electron chi connectivity index (χ4n) is 5.48. The molecule has 0 saturated heterocycles. The number of hydrogen-bond acceptors (Lipinski definition) is 2. The van der Waals surface area contributed by atoms with Gasteiger partial charge in [0.25, 0.3) is 0 Å². The van der Waals surface area contributed by atoms with Crippen LogP contribution in [-0.4, -0.2) is 13.2 Å². The van der Waals surface area contributed by atoms with E-state index in [9.17, 15) is 0 Å². The topological polar surface area (TPSA) is 18.5 Å². The second-order valence-electron chi connectivity index (χ2n) is 9.08. The molecule has 0 saturated carbocycles. The van der Waals surface area contributed by atoms with Crippen LogP contribution in [-0.2, 0) is 5.41 Å². The van der Waals surface area contributed by atoms with Gasteiger partial charge >= 0.3 is 0 Å². The quantitative estimate of drug-likeness (QED) is 0.247. The van der Waals surface area contributed by atoms with E-state index in [0.29, 0.717) is 0 Å². The van der Waals surface area contributed by atoms with Crippen molar-refractivity contribution in [2.24, 2.45) is 0 Å². The molecular formula is C35H28O2. The largest absolute Gasteiger partial charge is 0.481 e. The minimum atomic E-state index is -0.332. The highest BCUT2D eigenvalue weighted by Gasteiger charge is 2.47. The van der Waals surface area contributed by atoms with Gasteiger partial charge < -0.3 is 9.47 Å². The van der Waals surface area contributed by atoms with Crippen molar-refractivity contribution in [2.75, 3.05) is 13.2 Å². The summed E-state index contributed by atoms with van der Waals surface area (Å²) in [5.41, 5.74) is 5.94. The van der Waals surface area contributed by atoms with Gasteiger partial charge in [-0.05, 0) is 58.5 Å². The molecule has 0 amide bonds. The third-order valence-corrected chi connectivity index (χ3v) is 7.07. The number of ether oxygens (including phenoxy) is 2. The molecule has 0 heterocycles. The summed E-state index contributed by atoms with van der Waals surface area (Å²) in [7, 11) is 0. The second-order valence-corrected chi connectivity index (χ2v) is 9.08. The van der Waals surface area contributed by atoms with Crippen LogP contribution >= 0.6 is 0 Å². The Kier molecular flexibility index (Phi) is 7.12. The molecule has 0 spiro atoms. The molecule has 4 aromatic carbocycles. The fourth-order valence-corrected chi connectivity index (χ4v) is 5.48. The maximum atomic E-state index is 5.68. The lowest BCUT2D eigenvalue weighted by Gasteiger charge is -2.39. The van der Waals surface area contributed by atoms with Crippen molar-refractivity contribution in [1.29, 1.82) is 0 Å². The molecule has 4 aromatic rings. The molecule has 2 nitrogen and oxygen atoms in total. The van der Waals surface area contributed by atoms with Crippen molar-refractivity contribution in [3.8, 4) is 36.2 Å². The second kappa shape index (κ2) is 10.9. The molecular weight excluding hydrogens is 452 g/mol. The van der Waals surface area contributed by atoms with Crippen molar-refractivity contribution in [3.05, 3.63) is 138 Å². The predicted molar refractivity (Wildman–Crippen MR) is 151 cm³/mol. The lowest BCUT2D eigenvalue weighted by Crippen LogP contribution is -2.32. The third-order valence-electron chi connectivity index (χ3n) is 7.07. The number of rotatable bonds is 8. The van der Waals surface area contributed by atoms with Gasteiger partial charge in [0, 0.05) is 11.3 Å². The molecule has 0 fully saturated rings. The molecule has 0 aliphatic heterocycles. The average molecular weight is 481 g/mol. The highest BCUT2D eigenvalue weighted by molar-refractivity contribution is 5.78. The first kappa shape index (κ1) is 24.1. The summed E-state index contributed by atoms with van der Waals surface area (Å²) in [6.07, 6.45) is 14.0. The van der Waals surface area contributed by atoms with Gasteiger partial charge in [-0.1, -0.05) is 103 Å². The Labute approximate surface area is 219 Å². The van der Waals surface area contributed by atoms with E-state index in [4.69, 9.17) is 22.3 Å². The molecule has 0 N–H and O–H groups in total. The number of terminal acetylenes is 2. The minimum absolute atomic E-state index is 0.103. The van der Waals surface area contributed by atoms with Crippen LogP contribution in [0.3, 0.4) is 0 Å². The van der Waals surface area contributed by atoms with E-state index < -0.39 is 0 Å². The Balaban J connectivity index is 1.68. The molecule has 5 rings (SSSR count). The van der Waals surface area contributed by atoms with Gasteiger partial charge in [-0.25, -0.2) is 0 Å². The van der Waals surface area contributed by atoms with E-state index in [1.165, 1.54) is 27.8 Å². The van der Waals surface area contributed by atoms with E-state index in [1.807, 2.05) is 24.3 Å². The standard InChI is InChI=1S/C35H28O2/c1-3-25-36-31-19-15-29(16-20-31)35(30-17-21-32(22-18-30)37-26-4-2)24-23-33(27-11-7-5-8-12-27)34(35)28-13-9-6-10-14-28/h1-2,5-23,34H,24-26H2. The van der Waals surface area contributed by atoms with E-state index in [0.717, 1.165) is 17.9 Å². The summed E-state index contributed by atoms with van der Waals surface area (Å²) < 4.78 is 11.4. The average Bonchev–Trinajstić information content (AvgIpc) is 3.38. The first-order chi connectivity index (χ1) is 18.3. The van der Waals surface area contributed by atoms with Crippen molar-refractivity contribution in [1.82, 2.24) is 0 Å². The summed E-state index contributed by atoms with van der Waals surface area (Å²) >= 11 is 0. The molecule has 1 unspecified atom stereocenters. The van der Waals surface area contributed by atoms with E-state index >= 15 is 0 Å². The molecule has 1 atom stereocenters. The Morgan fingerprint density at radius 2 is 1.14 bits per heavy atom. The van der Waals surface area contributed by atoms with Crippen molar-refractivity contribution in [2.45, 2.75) is 17.8 Å². The van der Waals surface area contributed by atoms with Crippen LogP contribution in [0.4, 0.5) is 0 Å². The number of allylic oxidation sites excluding steroid dienone is 2. The molecule has 2 heteroatoms. The van der Waals surface area contributed by atoms with E-state index in [1.54, 1.807) is 0 Å². The summed E-state index contributed by atoms with van der Waals surface area (Å²) in [6.45, 7) is 0.492. The lowest BCUT2D eigenvalue weighted by atomic mass is 9.63. The molecule has 1 aliphatic carbocycles. The molecule has 37 heavy (non-hydrogen) atoms. The van der Waals surface area contributed by atoms with Crippen LogP contribution < -0.4 is 9.47 Å². The van der Waals surface area contributed by atoms with Gasteiger partial charge in [-0.15, -0.1) is 12.8 Å². The van der Waals surface area contributed by atoms with Gasteiger partial charge in [-0.2, -0.15) is 0 Å². The minimum Gasteiger partial charge on any atom is -0.481 e. The first-order valence-electron chi connectivity index (χ1n) is 12.4. The van der Waals surface area contributed by atoms with Crippen LogP contribution in [0.2, 0.25) is 0 Å². The lowest BCUT2D eigenvalue weighted by molar-refractivity contribution is 0.369. The Morgan fingerprint density at radius 3 is 1.62 bits per heavy atom. The molecule has 0 aromatic heterocycles. The maximum absolute atomic E-state index is 5.68. The van der Waals surface area contributed by atoms with Crippen molar-refractivity contribution in [3.63, 3.8) is 0 Å². The summed E-state index contributed by atoms with van der Waals surface area (Å²) in [4.78, 5) is 0. The van der Waals surface area contributed by atoms with E-state index in [2.05, 4.69) is 103 Å². The van der Waals surface area contributed by atoms with Gasteiger partial charge in [0.1, 0.15) is 24.7 Å². The first-order valence-corrected chi connectivity index (χ1v) is 12.4. The predicted octanol–water partition coefficient (Wildman–Crippen LogP) is 7.27. The van der Waals surface area contributed by atoms with Crippen LogP contribution in [0.1, 0.15) is 34.6 Å². The number of benzene rings is 4. The van der Waals surface area contributed by atoms with Crippen LogP contribution in [0.25, 0.3) is 5.57 Å². The van der Waals surface area contributed by atoms with Crippen molar-refractivity contribution >= 4 is 5.57 Å². The fraction of sp³-hybridized carbons (Fsp3) is 0.143. The van der Waals surface area contributed by atoms with Gasteiger partial charge in [0.05, 0.1) is 0 Å². The zero-order valence-corrected chi connectivity index (χ0v) is 20.6. The number of hydrogen-bond donors (Lipinski definition) is 0. The van der Waals surface area contributed by atoms with Gasteiger partial charge in [0.2, 0.25) is 0 Å². The highest BCUT2D eigenvalue weighted by Crippen LogP contribution is 2.58. The smallest absolute Gasteiger partial charge is 0.148 e. The van der Waals surface area contributed by atoms with E-state index in [-0.39, 0.29) is 24.5 Å². The van der Waals surface area contributed by atoms with Crippen molar-refractivity contribution < 1.29 is 9.47 Å². The molecule has 180 valence electrons. The van der Waals surface area contributed by atoms with Crippen LogP contribution in [0, 0.1) is 24.7 Å². The summed E-state index contributed by atoms with van der Waals surface area (Å²) in [5, 5.41) is 0. The highest BCUT2D eigenvalue weighted by atomic mass is 16.5. The Hall–Kier alpha value is -4.66. The summed E-state index contributed by atoms with van der Waals surface area (Å²) in [5.74, 6) is 6.70. The zero-order chi connectivity index (χ0) is 25.5. The van der Waals surface area contributed by atoms with Crippen LogP contribution in [0.15, 0.2) is 115 Å². The molecule has 0 bridgehead atoms. The maximum Gasteiger partial charge on any atom is 0.148 e. The SMILES string of the molecule is C#CCOc1ccc(C2(c3ccc(OCC#C)cc3)CC=C(c3ccccc3)C2c2ccccc2)cc1. The summed E-state index contributed by atoms with van der Waals surface area (Å²) in [6, 6.07) is 38.2.